The molecule has 1 aromatic carbocycles. The van der Waals surface area contributed by atoms with Gasteiger partial charge in [0.1, 0.15) is 11.6 Å². The van der Waals surface area contributed by atoms with Crippen LogP contribution in [0.4, 0.5) is 17.6 Å². The molecule has 0 unspecified atom stereocenters. The molecule has 0 saturated heterocycles. The number of carboxylic acid groups (broad SMARTS) is 1. The maximum absolute atomic E-state index is 12.9. The largest absolute Gasteiger partial charge is 0.501 e. The van der Waals surface area contributed by atoms with Gasteiger partial charge in [0.05, 0.1) is 5.54 Å². The number of nitrogens with zero attached hydrogens (tertiary/aromatic N) is 1. The van der Waals surface area contributed by atoms with Gasteiger partial charge in [-0.15, -0.1) is 0 Å². The number of rotatable bonds is 5. The number of amides is 1. The highest BCUT2D eigenvalue weighted by atomic mass is 19.4. The van der Waals surface area contributed by atoms with Crippen LogP contribution in [0.3, 0.4) is 0 Å². The van der Waals surface area contributed by atoms with Gasteiger partial charge in [0, 0.05) is 6.54 Å². The first-order chi connectivity index (χ1) is 14.2. The molecule has 0 bridgehead atoms. The maximum Gasteiger partial charge on any atom is 0.490 e. The molecule has 0 fully saturated rings. The van der Waals surface area contributed by atoms with Crippen molar-refractivity contribution in [3.63, 3.8) is 0 Å². The summed E-state index contributed by atoms with van der Waals surface area (Å²) in [7, 11) is 1.68. The summed E-state index contributed by atoms with van der Waals surface area (Å²) in [5.74, 6) is -4.36. The second kappa shape index (κ2) is 10.0. The molecule has 0 radical (unpaired) electrons. The number of nitrogens with one attached hydrogen (secondary N) is 3. The maximum atomic E-state index is 12.9. The second-order valence-electron chi connectivity index (χ2n) is 6.60. The van der Waals surface area contributed by atoms with E-state index in [1.54, 1.807) is 20.9 Å². The number of aliphatic carboxylic acids is 1. The summed E-state index contributed by atoms with van der Waals surface area (Å²) in [6.45, 7) is 3.64. The minimum atomic E-state index is -5.08. The molecular formula is C18H20F4N4O5. The molecule has 0 aliphatic rings. The lowest BCUT2D eigenvalue weighted by Crippen LogP contribution is -2.38. The van der Waals surface area contributed by atoms with Crippen molar-refractivity contribution < 1.29 is 37.4 Å². The van der Waals surface area contributed by atoms with Gasteiger partial charge >= 0.3 is 12.1 Å². The van der Waals surface area contributed by atoms with E-state index in [-0.39, 0.29) is 23.9 Å². The normalized spacial score (nSPS) is 11.3. The standard InChI is InChI=1S/C16H19FN4O3.C2HF3O2/c1-16(2,18-3)15-20-11(12(22)14(24)21-15)13(23)19-8-9-4-6-10(17)7-5-9;3-2(4,5)1(6)7/h4-7,18,22H,8H2,1-3H3,(H,19,23)(H,20,21,24);(H,6,7). The molecule has 5 N–H and O–H groups in total. The van der Waals surface area contributed by atoms with Gasteiger partial charge in [-0.3, -0.25) is 9.59 Å². The molecule has 0 aliphatic carbocycles. The number of H-pyrrole nitrogens is 1. The lowest BCUT2D eigenvalue weighted by atomic mass is 10.1. The highest BCUT2D eigenvalue weighted by molar-refractivity contribution is 5.94. The van der Waals surface area contributed by atoms with Gasteiger partial charge in [-0.05, 0) is 38.6 Å². The van der Waals surface area contributed by atoms with E-state index in [1.807, 2.05) is 0 Å². The van der Waals surface area contributed by atoms with E-state index in [1.165, 1.54) is 24.3 Å². The molecule has 0 atom stereocenters. The topological polar surface area (TPSA) is 144 Å². The molecule has 0 saturated carbocycles. The Hall–Kier alpha value is -3.48. The number of aromatic nitrogens is 2. The van der Waals surface area contributed by atoms with Gasteiger partial charge in [-0.25, -0.2) is 14.2 Å². The second-order valence-corrected chi connectivity index (χ2v) is 6.60. The van der Waals surface area contributed by atoms with Crippen molar-refractivity contribution >= 4 is 11.9 Å². The van der Waals surface area contributed by atoms with Crippen molar-refractivity contribution in [3.05, 3.63) is 57.5 Å². The minimum Gasteiger partial charge on any atom is -0.501 e. The summed E-state index contributed by atoms with van der Waals surface area (Å²) in [6.07, 6.45) is -5.08. The van der Waals surface area contributed by atoms with Crippen LogP contribution >= 0.6 is 0 Å². The Morgan fingerprint density at radius 2 is 1.68 bits per heavy atom. The van der Waals surface area contributed by atoms with Crippen LogP contribution in [0.2, 0.25) is 0 Å². The lowest BCUT2D eigenvalue weighted by molar-refractivity contribution is -0.192. The molecule has 1 amide bonds. The van der Waals surface area contributed by atoms with E-state index in [2.05, 4.69) is 20.6 Å². The van der Waals surface area contributed by atoms with Gasteiger partial charge in [-0.2, -0.15) is 13.2 Å². The smallest absolute Gasteiger partial charge is 0.490 e. The number of aromatic hydroxyl groups is 1. The van der Waals surface area contributed by atoms with Crippen molar-refractivity contribution in [2.75, 3.05) is 7.05 Å². The first kappa shape index (κ1) is 25.6. The van der Waals surface area contributed by atoms with E-state index in [9.17, 15) is 32.3 Å². The Balaban J connectivity index is 0.000000592. The summed E-state index contributed by atoms with van der Waals surface area (Å²) in [5.41, 5.74) is -1.18. The Morgan fingerprint density at radius 3 is 2.13 bits per heavy atom. The first-order valence-electron chi connectivity index (χ1n) is 8.54. The third kappa shape index (κ3) is 7.37. The van der Waals surface area contributed by atoms with Crippen LogP contribution in [0.25, 0.3) is 0 Å². The molecule has 31 heavy (non-hydrogen) atoms. The number of aromatic amines is 1. The number of alkyl halides is 3. The van der Waals surface area contributed by atoms with Gasteiger partial charge < -0.3 is 25.8 Å². The van der Waals surface area contributed by atoms with Crippen molar-refractivity contribution in [1.29, 1.82) is 0 Å². The number of hydrogen-bond donors (Lipinski definition) is 5. The predicted octanol–water partition coefficient (Wildman–Crippen LogP) is 1.63. The van der Waals surface area contributed by atoms with Gasteiger partial charge in [-0.1, -0.05) is 12.1 Å². The molecule has 1 heterocycles. The average Bonchev–Trinajstić information content (AvgIpc) is 2.68. The Morgan fingerprint density at radius 1 is 1.16 bits per heavy atom. The highest BCUT2D eigenvalue weighted by Gasteiger charge is 2.38. The summed E-state index contributed by atoms with van der Waals surface area (Å²) in [5, 5.41) is 22.4. The van der Waals surface area contributed by atoms with Gasteiger partial charge in [0.2, 0.25) is 5.75 Å². The van der Waals surface area contributed by atoms with Crippen LogP contribution in [-0.2, 0) is 16.9 Å². The molecule has 170 valence electrons. The quantitative estimate of drug-likeness (QED) is 0.437. The van der Waals surface area contributed by atoms with E-state index < -0.39 is 34.9 Å². The van der Waals surface area contributed by atoms with E-state index in [4.69, 9.17) is 9.90 Å². The molecule has 1 aromatic heterocycles. The fourth-order valence-corrected chi connectivity index (χ4v) is 1.91. The van der Waals surface area contributed by atoms with Crippen molar-refractivity contribution in [1.82, 2.24) is 20.6 Å². The first-order valence-corrected chi connectivity index (χ1v) is 8.54. The zero-order chi connectivity index (χ0) is 24.0. The zero-order valence-corrected chi connectivity index (χ0v) is 16.6. The fourth-order valence-electron chi connectivity index (χ4n) is 1.91. The minimum absolute atomic E-state index is 0.109. The average molecular weight is 448 g/mol. The highest BCUT2D eigenvalue weighted by Crippen LogP contribution is 2.17. The van der Waals surface area contributed by atoms with Crippen LogP contribution < -0.4 is 16.2 Å². The van der Waals surface area contributed by atoms with Crippen molar-refractivity contribution in [2.45, 2.75) is 32.1 Å². The third-order valence-electron chi connectivity index (χ3n) is 3.94. The van der Waals surface area contributed by atoms with E-state index in [0.717, 1.165) is 0 Å². The molecule has 0 spiro atoms. The SMILES string of the molecule is CNC(C)(C)c1nc(C(=O)NCc2ccc(F)cc2)c(O)c(=O)[nH]1.O=C(O)C(F)(F)F. The monoisotopic (exact) mass is 448 g/mol. The Bertz CT molecular complexity index is 988. The Kier molecular flexibility index (Phi) is 8.26. The molecular weight excluding hydrogens is 428 g/mol. The van der Waals surface area contributed by atoms with E-state index >= 15 is 0 Å². The molecule has 9 nitrogen and oxygen atoms in total. The molecule has 2 rings (SSSR count). The van der Waals surface area contributed by atoms with E-state index in [0.29, 0.717) is 5.56 Å². The summed E-state index contributed by atoms with van der Waals surface area (Å²) in [6, 6.07) is 5.60. The Labute approximate surface area is 173 Å². The van der Waals surface area contributed by atoms with Crippen LogP contribution in [0.15, 0.2) is 29.1 Å². The summed E-state index contributed by atoms with van der Waals surface area (Å²) < 4.78 is 44.6. The number of benzene rings is 1. The van der Waals surface area contributed by atoms with Crippen molar-refractivity contribution in [3.8, 4) is 5.75 Å². The molecule has 2 aromatic rings. The van der Waals surface area contributed by atoms with Crippen LogP contribution in [0, 0.1) is 5.82 Å². The number of carbonyl (C=O) groups excluding carboxylic acids is 1. The number of carboxylic acids is 1. The van der Waals surface area contributed by atoms with Crippen molar-refractivity contribution in [2.24, 2.45) is 0 Å². The van der Waals surface area contributed by atoms with Crippen LogP contribution in [-0.4, -0.2) is 45.3 Å². The number of halogens is 4. The summed E-state index contributed by atoms with van der Waals surface area (Å²) >= 11 is 0. The van der Waals surface area contributed by atoms with Crippen LogP contribution in [0.5, 0.6) is 5.75 Å². The third-order valence-corrected chi connectivity index (χ3v) is 3.94. The predicted molar refractivity (Wildman–Crippen MR) is 99.9 cm³/mol. The lowest BCUT2D eigenvalue weighted by Gasteiger charge is -2.23. The number of carbonyl (C=O) groups is 2. The number of hydrogen-bond acceptors (Lipinski definition) is 6. The summed E-state index contributed by atoms with van der Waals surface area (Å²) in [4.78, 5) is 39.5. The molecule has 0 aliphatic heterocycles. The van der Waals surface area contributed by atoms with Gasteiger partial charge in [0.25, 0.3) is 11.5 Å². The van der Waals surface area contributed by atoms with Crippen LogP contribution in [0.1, 0.15) is 35.7 Å². The zero-order valence-electron chi connectivity index (χ0n) is 16.6. The van der Waals surface area contributed by atoms with Gasteiger partial charge in [0.15, 0.2) is 5.69 Å². The molecule has 13 heteroatoms. The fraction of sp³-hybridized carbons (Fsp3) is 0.333.